The Morgan fingerprint density at radius 2 is 2.33 bits per heavy atom. The maximum Gasteiger partial charge on any atom is 0.238 e. The van der Waals surface area contributed by atoms with E-state index in [-0.39, 0.29) is 18.0 Å². The van der Waals surface area contributed by atoms with E-state index in [4.69, 9.17) is 4.74 Å². The first-order valence-electron chi connectivity index (χ1n) is 6.18. The molecule has 2 aliphatic heterocycles. The van der Waals surface area contributed by atoms with Gasteiger partial charge in [-0.15, -0.1) is 11.8 Å². The summed E-state index contributed by atoms with van der Waals surface area (Å²) in [5, 5.41) is 6.31. The zero-order valence-corrected chi connectivity index (χ0v) is 10.8. The van der Waals surface area contributed by atoms with E-state index in [0.29, 0.717) is 6.61 Å². The number of thioether (sulfide) groups is 1. The molecule has 4 nitrogen and oxygen atoms in total. The number of benzene rings is 1. The average Bonchev–Trinajstić information content (AvgIpc) is 2.93. The van der Waals surface area contributed by atoms with E-state index in [1.165, 1.54) is 0 Å². The van der Waals surface area contributed by atoms with Gasteiger partial charge in [0.25, 0.3) is 0 Å². The number of carbonyl (C=O) groups excluding carboxylic acids is 1. The molecule has 0 aliphatic carbocycles. The summed E-state index contributed by atoms with van der Waals surface area (Å²) >= 11 is 1.76. The van der Waals surface area contributed by atoms with Crippen LogP contribution in [0.1, 0.15) is 18.0 Å². The minimum atomic E-state index is -0.0509. The summed E-state index contributed by atoms with van der Waals surface area (Å²) in [6.45, 7) is 0.662. The van der Waals surface area contributed by atoms with Crippen LogP contribution in [-0.2, 0) is 4.79 Å². The summed E-state index contributed by atoms with van der Waals surface area (Å²) in [7, 11) is 0. The molecule has 2 aliphatic rings. The fourth-order valence-electron chi connectivity index (χ4n) is 2.33. The molecule has 2 unspecified atom stereocenters. The Labute approximate surface area is 110 Å². The van der Waals surface area contributed by atoms with Crippen LogP contribution in [0.4, 0.5) is 0 Å². The Kier molecular flexibility index (Phi) is 3.43. The molecule has 1 amide bonds. The van der Waals surface area contributed by atoms with Crippen molar-refractivity contribution >= 4 is 17.7 Å². The van der Waals surface area contributed by atoms with E-state index < -0.39 is 0 Å². The van der Waals surface area contributed by atoms with Gasteiger partial charge >= 0.3 is 0 Å². The van der Waals surface area contributed by atoms with Crippen LogP contribution < -0.4 is 15.4 Å². The van der Waals surface area contributed by atoms with Gasteiger partial charge in [0.15, 0.2) is 0 Å². The van der Waals surface area contributed by atoms with Crippen molar-refractivity contribution in [3.8, 4) is 5.75 Å². The number of carbonyl (C=O) groups is 1. The van der Waals surface area contributed by atoms with Crippen LogP contribution in [0.2, 0.25) is 0 Å². The van der Waals surface area contributed by atoms with E-state index in [2.05, 4.69) is 10.6 Å². The highest BCUT2D eigenvalue weighted by Gasteiger charge is 2.27. The number of fused-ring (bicyclic) bond motifs is 1. The van der Waals surface area contributed by atoms with Crippen LogP contribution in [0.5, 0.6) is 5.75 Å². The largest absolute Gasteiger partial charge is 0.493 e. The Morgan fingerprint density at radius 1 is 1.44 bits per heavy atom. The van der Waals surface area contributed by atoms with Gasteiger partial charge in [0, 0.05) is 23.6 Å². The average molecular weight is 264 g/mol. The Bertz CT molecular complexity index is 446. The van der Waals surface area contributed by atoms with Gasteiger partial charge in [0.2, 0.25) is 5.91 Å². The molecule has 1 aromatic carbocycles. The number of amides is 1. The summed E-state index contributed by atoms with van der Waals surface area (Å²) in [6.07, 6.45) is 0.836. The molecular formula is C13H16N2O2S. The van der Waals surface area contributed by atoms with Crippen LogP contribution in [0.3, 0.4) is 0 Å². The fraction of sp³-hybridized carbons (Fsp3) is 0.462. The Morgan fingerprint density at radius 3 is 3.17 bits per heavy atom. The van der Waals surface area contributed by atoms with Crippen LogP contribution >= 0.6 is 11.8 Å². The molecule has 3 rings (SSSR count). The fourth-order valence-corrected chi connectivity index (χ4v) is 3.27. The summed E-state index contributed by atoms with van der Waals surface area (Å²) in [5.74, 6) is 2.71. The van der Waals surface area contributed by atoms with Gasteiger partial charge in [0.1, 0.15) is 5.75 Å². The van der Waals surface area contributed by atoms with E-state index >= 15 is 0 Å². The van der Waals surface area contributed by atoms with Crippen molar-refractivity contribution in [3.63, 3.8) is 0 Å². The minimum absolute atomic E-state index is 0.0509. The van der Waals surface area contributed by atoms with E-state index in [1.54, 1.807) is 11.8 Å². The van der Waals surface area contributed by atoms with Gasteiger partial charge in [-0.1, -0.05) is 18.2 Å². The minimum Gasteiger partial charge on any atom is -0.493 e. The van der Waals surface area contributed by atoms with Crippen LogP contribution in [-0.4, -0.2) is 30.2 Å². The monoisotopic (exact) mass is 264 g/mol. The second kappa shape index (κ2) is 5.20. The van der Waals surface area contributed by atoms with E-state index in [0.717, 1.165) is 29.4 Å². The van der Waals surface area contributed by atoms with E-state index in [1.807, 2.05) is 24.3 Å². The summed E-state index contributed by atoms with van der Waals surface area (Å²) in [5.41, 5.74) is 1.09. The standard InChI is InChI=1S/C13H16N2O2S/c16-13(11-7-18-8-14-11)15-10-5-6-17-12-4-2-1-3-9(10)12/h1-4,10-11,14H,5-8H2,(H,15,16). The van der Waals surface area contributed by atoms with Crippen LogP contribution in [0, 0.1) is 0 Å². The predicted octanol–water partition coefficient (Wildman–Crippen LogP) is 1.29. The number of ether oxygens (including phenoxy) is 1. The van der Waals surface area contributed by atoms with Gasteiger partial charge in [0.05, 0.1) is 18.7 Å². The molecule has 1 fully saturated rings. The number of hydrogen-bond donors (Lipinski definition) is 2. The lowest BCUT2D eigenvalue weighted by Gasteiger charge is -2.27. The van der Waals surface area contributed by atoms with Crippen molar-refractivity contribution in [1.82, 2.24) is 10.6 Å². The number of hydrogen-bond acceptors (Lipinski definition) is 4. The molecule has 18 heavy (non-hydrogen) atoms. The highest BCUT2D eigenvalue weighted by molar-refractivity contribution is 7.99. The quantitative estimate of drug-likeness (QED) is 0.845. The van der Waals surface area contributed by atoms with Crippen molar-refractivity contribution in [2.24, 2.45) is 0 Å². The predicted molar refractivity (Wildman–Crippen MR) is 71.7 cm³/mol. The van der Waals surface area contributed by atoms with Gasteiger partial charge < -0.3 is 10.1 Å². The molecule has 0 spiro atoms. The first kappa shape index (κ1) is 11.9. The lowest BCUT2D eigenvalue weighted by Crippen LogP contribution is -2.44. The highest BCUT2D eigenvalue weighted by atomic mass is 32.2. The second-order valence-corrected chi connectivity index (χ2v) is 5.54. The maximum atomic E-state index is 12.1. The van der Waals surface area contributed by atoms with Gasteiger partial charge in [-0.3, -0.25) is 10.1 Å². The van der Waals surface area contributed by atoms with Crippen molar-refractivity contribution in [2.45, 2.75) is 18.5 Å². The molecular weight excluding hydrogens is 248 g/mol. The van der Waals surface area contributed by atoms with Crippen molar-refractivity contribution in [1.29, 1.82) is 0 Å². The molecule has 0 radical (unpaired) electrons. The molecule has 96 valence electrons. The number of nitrogens with one attached hydrogen (secondary N) is 2. The number of para-hydroxylation sites is 1. The van der Waals surface area contributed by atoms with Gasteiger partial charge in [-0.05, 0) is 6.07 Å². The van der Waals surface area contributed by atoms with Crippen LogP contribution in [0.25, 0.3) is 0 Å². The van der Waals surface area contributed by atoms with Crippen molar-refractivity contribution in [3.05, 3.63) is 29.8 Å². The molecule has 0 aromatic heterocycles. The summed E-state index contributed by atoms with van der Waals surface area (Å²) in [6, 6.07) is 7.95. The summed E-state index contributed by atoms with van der Waals surface area (Å²) in [4.78, 5) is 12.1. The summed E-state index contributed by atoms with van der Waals surface area (Å²) < 4.78 is 5.59. The zero-order valence-electron chi connectivity index (χ0n) is 10.0. The second-order valence-electron chi connectivity index (χ2n) is 4.51. The molecule has 2 atom stereocenters. The zero-order chi connectivity index (χ0) is 12.4. The van der Waals surface area contributed by atoms with Crippen LogP contribution in [0.15, 0.2) is 24.3 Å². The third-order valence-electron chi connectivity index (χ3n) is 3.31. The molecule has 0 bridgehead atoms. The topological polar surface area (TPSA) is 50.4 Å². The molecule has 2 heterocycles. The molecule has 5 heteroatoms. The normalized spacial score (nSPS) is 26.2. The van der Waals surface area contributed by atoms with Gasteiger partial charge in [-0.25, -0.2) is 0 Å². The lowest BCUT2D eigenvalue weighted by atomic mass is 10.0. The SMILES string of the molecule is O=C(NC1CCOc2ccccc21)C1CSCN1. The van der Waals surface area contributed by atoms with E-state index in [9.17, 15) is 4.79 Å². The molecule has 1 aromatic rings. The van der Waals surface area contributed by atoms with Gasteiger partial charge in [-0.2, -0.15) is 0 Å². The Balaban J connectivity index is 1.72. The Hall–Kier alpha value is -1.20. The third kappa shape index (κ3) is 2.33. The molecule has 2 N–H and O–H groups in total. The van der Waals surface area contributed by atoms with Crippen molar-refractivity contribution < 1.29 is 9.53 Å². The molecule has 0 saturated carbocycles. The highest BCUT2D eigenvalue weighted by Crippen LogP contribution is 2.31. The van der Waals surface area contributed by atoms with Crippen molar-refractivity contribution in [2.75, 3.05) is 18.2 Å². The number of rotatable bonds is 2. The maximum absolute atomic E-state index is 12.1. The smallest absolute Gasteiger partial charge is 0.238 e. The first-order valence-corrected chi connectivity index (χ1v) is 7.33. The first-order chi connectivity index (χ1) is 8.84. The third-order valence-corrected chi connectivity index (χ3v) is 4.25. The molecule has 1 saturated heterocycles. The lowest BCUT2D eigenvalue weighted by molar-refractivity contribution is -0.123.